The van der Waals surface area contributed by atoms with Crippen molar-refractivity contribution in [3.8, 4) is 6.01 Å². The fourth-order valence-electron chi connectivity index (χ4n) is 8.33. The van der Waals surface area contributed by atoms with Gasteiger partial charge >= 0.3 is 12.0 Å². The van der Waals surface area contributed by atoms with Gasteiger partial charge in [0, 0.05) is 24.0 Å². The van der Waals surface area contributed by atoms with Gasteiger partial charge in [0.1, 0.15) is 18.0 Å². The maximum absolute atomic E-state index is 12.9. The van der Waals surface area contributed by atoms with Crippen LogP contribution in [0.2, 0.25) is 0 Å². The van der Waals surface area contributed by atoms with Crippen LogP contribution in [0.3, 0.4) is 0 Å². The van der Waals surface area contributed by atoms with Crippen LogP contribution >= 0.6 is 0 Å². The van der Waals surface area contributed by atoms with Gasteiger partial charge < -0.3 is 19.9 Å². The smallest absolute Gasteiger partial charge is 0.322 e. The van der Waals surface area contributed by atoms with Crippen molar-refractivity contribution in [1.29, 1.82) is 0 Å². The molecule has 0 unspecified atom stereocenters. The topological polar surface area (TPSA) is 132 Å². The molecule has 5 aliphatic rings. The van der Waals surface area contributed by atoms with Crippen LogP contribution in [-0.4, -0.2) is 87.4 Å². The number of fused-ring (bicyclic) bond motifs is 3. The Morgan fingerprint density at radius 2 is 1.81 bits per heavy atom. The summed E-state index contributed by atoms with van der Waals surface area (Å²) in [5.74, 6) is 0.572. The van der Waals surface area contributed by atoms with Gasteiger partial charge in [-0.25, -0.2) is 4.79 Å². The van der Waals surface area contributed by atoms with Gasteiger partial charge in [-0.2, -0.15) is 15.1 Å². The van der Waals surface area contributed by atoms with Crippen molar-refractivity contribution < 1.29 is 14.3 Å². The third-order valence-electron chi connectivity index (χ3n) is 10.7. The molecule has 0 radical (unpaired) electrons. The van der Waals surface area contributed by atoms with Crippen molar-refractivity contribution in [1.82, 2.24) is 35.7 Å². The maximum Gasteiger partial charge on any atom is 0.322 e. The Labute approximate surface area is 250 Å². The molecular weight excluding hydrogens is 546 g/mol. The van der Waals surface area contributed by atoms with Crippen LogP contribution in [-0.2, 0) is 17.8 Å². The Morgan fingerprint density at radius 3 is 2.60 bits per heavy atom. The van der Waals surface area contributed by atoms with Crippen molar-refractivity contribution in [3.05, 3.63) is 34.6 Å². The van der Waals surface area contributed by atoms with Crippen molar-refractivity contribution in [3.63, 3.8) is 0 Å². The predicted octanol–water partition coefficient (Wildman–Crippen LogP) is 2.72. The number of anilines is 2. The number of rotatable bonds is 5. The first-order valence-electron chi connectivity index (χ1n) is 15.7. The molecule has 3 aromatic rings. The Hall–Kier alpha value is -3.93. The lowest BCUT2D eigenvalue weighted by molar-refractivity contribution is -0.124. The van der Waals surface area contributed by atoms with Crippen molar-refractivity contribution in [2.45, 2.75) is 76.4 Å². The molecule has 1 atom stereocenters. The molecule has 4 saturated heterocycles. The highest BCUT2D eigenvalue weighted by atomic mass is 16.5. The number of carbonyl (C=O) groups excluding carboxylic acids is 2. The molecule has 3 amide bonds. The minimum Gasteiger partial charge on any atom is -0.461 e. The summed E-state index contributed by atoms with van der Waals surface area (Å²) in [4.78, 5) is 42.3. The van der Waals surface area contributed by atoms with Crippen LogP contribution in [0.1, 0.15) is 60.9 Å². The standard InChI is InChI=1S/C31H39N9O3/c1-19-14-23-22(15-32-37-23)25(20(19)2)38-13-6-21-24(16-38)33-29(43-18-30-7-3-11-40(30)12-4-8-30)34-26(21)39-10-5-9-31(17-39)27(41)35-28(42)36-31/h14-15H,3-13,16-18H2,1-2H3,(H,32,37)(H2,35,36,41,42)/t31-/m1/s1. The minimum atomic E-state index is -0.937. The quantitative estimate of drug-likeness (QED) is 0.387. The second kappa shape index (κ2) is 9.80. The molecule has 1 aromatic carbocycles. The zero-order valence-corrected chi connectivity index (χ0v) is 25.0. The Bertz CT molecular complexity index is 1630. The highest BCUT2D eigenvalue weighted by Crippen LogP contribution is 2.41. The number of carbonyl (C=O) groups is 2. The second-order valence-electron chi connectivity index (χ2n) is 13.1. The molecule has 0 aliphatic carbocycles. The lowest BCUT2D eigenvalue weighted by atomic mass is 9.88. The number of piperidine rings is 1. The molecule has 4 fully saturated rings. The van der Waals surface area contributed by atoms with Crippen LogP contribution in [0.5, 0.6) is 6.01 Å². The summed E-state index contributed by atoms with van der Waals surface area (Å²) in [6.45, 7) is 9.74. The van der Waals surface area contributed by atoms with Gasteiger partial charge in [-0.1, -0.05) is 0 Å². The number of hydrogen-bond donors (Lipinski definition) is 3. The molecule has 2 aromatic heterocycles. The number of ether oxygens (including phenoxy) is 1. The van der Waals surface area contributed by atoms with Crippen LogP contribution in [0, 0.1) is 13.8 Å². The summed E-state index contributed by atoms with van der Waals surface area (Å²) >= 11 is 0. The molecule has 226 valence electrons. The van der Waals surface area contributed by atoms with E-state index in [1.807, 2.05) is 6.20 Å². The SMILES string of the molecule is Cc1cc2[nH]ncc2c(N2CCc3c(nc(OCC45CCCN4CCC5)nc3N3CCC[C@]4(C3)NC(=O)NC4=O)C2)c1C. The summed E-state index contributed by atoms with van der Waals surface area (Å²) in [5, 5.41) is 14.0. The summed E-state index contributed by atoms with van der Waals surface area (Å²) in [7, 11) is 0. The van der Waals surface area contributed by atoms with Crippen molar-refractivity contribution in [2.75, 3.05) is 49.1 Å². The van der Waals surface area contributed by atoms with E-state index < -0.39 is 11.6 Å². The minimum absolute atomic E-state index is 0.0818. The van der Waals surface area contributed by atoms with E-state index in [1.165, 1.54) is 29.7 Å². The first kappa shape index (κ1) is 26.7. The summed E-state index contributed by atoms with van der Waals surface area (Å²) in [6, 6.07) is 2.13. The van der Waals surface area contributed by atoms with E-state index in [9.17, 15) is 9.59 Å². The molecule has 1 spiro atoms. The second-order valence-corrected chi connectivity index (χ2v) is 13.1. The molecular formula is C31H39N9O3. The molecule has 3 N–H and O–H groups in total. The predicted molar refractivity (Wildman–Crippen MR) is 161 cm³/mol. The molecule has 12 heteroatoms. The number of aryl methyl sites for hydroxylation is 1. The van der Waals surface area contributed by atoms with E-state index in [0.29, 0.717) is 32.1 Å². The fraction of sp³-hybridized carbons (Fsp3) is 0.581. The van der Waals surface area contributed by atoms with E-state index >= 15 is 0 Å². The fourth-order valence-corrected chi connectivity index (χ4v) is 8.33. The molecule has 5 aliphatic heterocycles. The molecule has 0 bridgehead atoms. The number of amides is 3. The van der Waals surface area contributed by atoms with E-state index in [0.717, 1.165) is 79.8 Å². The summed E-state index contributed by atoms with van der Waals surface area (Å²) in [5.41, 5.74) is 5.88. The number of aromatic amines is 1. The van der Waals surface area contributed by atoms with Gasteiger partial charge in [0.2, 0.25) is 0 Å². The normalized spacial score (nSPS) is 24.9. The van der Waals surface area contributed by atoms with E-state index in [1.54, 1.807) is 0 Å². The first-order valence-corrected chi connectivity index (χ1v) is 15.7. The van der Waals surface area contributed by atoms with Crippen LogP contribution in [0.25, 0.3) is 10.9 Å². The Morgan fingerprint density at radius 1 is 1.00 bits per heavy atom. The molecule has 0 saturated carbocycles. The van der Waals surface area contributed by atoms with Crippen molar-refractivity contribution >= 4 is 34.3 Å². The lowest BCUT2D eigenvalue weighted by Gasteiger charge is -2.40. The Kier molecular flexibility index (Phi) is 6.08. The van der Waals surface area contributed by atoms with Crippen molar-refractivity contribution in [2.24, 2.45) is 0 Å². The molecule has 8 rings (SSSR count). The van der Waals surface area contributed by atoms with Crippen LogP contribution in [0.15, 0.2) is 12.3 Å². The average molecular weight is 586 g/mol. The summed E-state index contributed by atoms with van der Waals surface area (Å²) in [6.07, 6.45) is 8.76. The number of urea groups is 1. The first-order chi connectivity index (χ1) is 20.8. The van der Waals surface area contributed by atoms with Gasteiger partial charge in [0.05, 0.1) is 41.7 Å². The molecule has 7 heterocycles. The van der Waals surface area contributed by atoms with Crippen LogP contribution in [0.4, 0.5) is 16.3 Å². The van der Waals surface area contributed by atoms with Gasteiger partial charge in [-0.3, -0.25) is 20.1 Å². The van der Waals surface area contributed by atoms with Gasteiger partial charge in [-0.15, -0.1) is 0 Å². The van der Waals surface area contributed by atoms with E-state index in [2.05, 4.69) is 55.4 Å². The maximum atomic E-state index is 12.9. The third kappa shape index (κ3) is 4.24. The number of nitrogens with one attached hydrogen (secondary N) is 3. The van der Waals surface area contributed by atoms with Gasteiger partial charge in [-0.05, 0) is 89.1 Å². The monoisotopic (exact) mass is 585 g/mol. The van der Waals surface area contributed by atoms with E-state index in [4.69, 9.17) is 14.7 Å². The highest BCUT2D eigenvalue weighted by Gasteiger charge is 2.49. The average Bonchev–Trinajstić information content (AvgIpc) is 3.76. The highest BCUT2D eigenvalue weighted by molar-refractivity contribution is 6.07. The zero-order valence-electron chi connectivity index (χ0n) is 25.0. The van der Waals surface area contributed by atoms with Gasteiger partial charge in [0.15, 0.2) is 0 Å². The number of imide groups is 1. The van der Waals surface area contributed by atoms with Gasteiger partial charge in [0.25, 0.3) is 5.91 Å². The number of aromatic nitrogens is 4. The zero-order chi connectivity index (χ0) is 29.3. The Balaban J connectivity index is 1.16. The number of benzene rings is 1. The lowest BCUT2D eigenvalue weighted by Crippen LogP contribution is -2.59. The number of H-pyrrole nitrogens is 1. The van der Waals surface area contributed by atoms with E-state index in [-0.39, 0.29) is 11.4 Å². The number of hydrogen-bond acceptors (Lipinski definition) is 9. The molecule has 43 heavy (non-hydrogen) atoms. The molecule has 12 nitrogen and oxygen atoms in total. The third-order valence-corrected chi connectivity index (χ3v) is 10.7. The number of nitrogens with zero attached hydrogens (tertiary/aromatic N) is 6. The largest absolute Gasteiger partial charge is 0.461 e. The van der Waals surface area contributed by atoms with Crippen LogP contribution < -0.4 is 25.2 Å². The summed E-state index contributed by atoms with van der Waals surface area (Å²) < 4.78 is 6.52.